The van der Waals surface area contributed by atoms with Gasteiger partial charge in [0.1, 0.15) is 5.69 Å². The highest BCUT2D eigenvalue weighted by Crippen LogP contribution is 2.26. The van der Waals surface area contributed by atoms with Crippen LogP contribution in [0.2, 0.25) is 0 Å². The average Bonchev–Trinajstić information content (AvgIpc) is 2.59. The second-order valence-electron chi connectivity index (χ2n) is 7.25. The van der Waals surface area contributed by atoms with Crippen molar-refractivity contribution < 1.29 is 9.59 Å². The van der Waals surface area contributed by atoms with Gasteiger partial charge in [0.05, 0.1) is 5.54 Å². The van der Waals surface area contributed by atoms with Crippen LogP contribution in [0.5, 0.6) is 0 Å². The van der Waals surface area contributed by atoms with Crippen molar-refractivity contribution in [2.75, 3.05) is 33.7 Å². The molecule has 0 unspecified atom stereocenters. The summed E-state index contributed by atoms with van der Waals surface area (Å²) >= 11 is 0. The summed E-state index contributed by atoms with van der Waals surface area (Å²) in [5.41, 5.74) is 0.0122. The van der Waals surface area contributed by atoms with Crippen LogP contribution < -0.4 is 0 Å². The molecule has 2 aromatic rings. The van der Waals surface area contributed by atoms with Crippen LogP contribution in [0.25, 0.3) is 10.8 Å². The van der Waals surface area contributed by atoms with Gasteiger partial charge in [0, 0.05) is 45.3 Å². The van der Waals surface area contributed by atoms with E-state index in [0.717, 1.165) is 10.8 Å². The van der Waals surface area contributed by atoms with E-state index in [-0.39, 0.29) is 11.9 Å². The Balaban J connectivity index is 1.89. The third kappa shape index (κ3) is 3.16. The van der Waals surface area contributed by atoms with E-state index in [9.17, 15) is 9.59 Å². The van der Waals surface area contributed by atoms with Crippen LogP contribution in [0.4, 0.5) is 4.79 Å². The average molecular weight is 340 g/mol. The molecule has 25 heavy (non-hydrogen) atoms. The van der Waals surface area contributed by atoms with E-state index in [0.29, 0.717) is 25.3 Å². The molecule has 3 amide bonds. The predicted molar refractivity (Wildman–Crippen MR) is 97.5 cm³/mol. The number of carbonyl (C=O) groups is 2. The van der Waals surface area contributed by atoms with E-state index >= 15 is 0 Å². The first kappa shape index (κ1) is 17.2. The summed E-state index contributed by atoms with van der Waals surface area (Å²) in [6.45, 7) is 5.50. The summed E-state index contributed by atoms with van der Waals surface area (Å²) in [5, 5.41) is 1.86. The van der Waals surface area contributed by atoms with Gasteiger partial charge in [-0.1, -0.05) is 24.3 Å². The molecule has 1 fully saturated rings. The summed E-state index contributed by atoms with van der Waals surface area (Å²) in [5.74, 6) is -0.0845. The number of fused-ring (bicyclic) bond motifs is 1. The molecule has 1 aliphatic rings. The Morgan fingerprint density at radius 3 is 2.52 bits per heavy atom. The van der Waals surface area contributed by atoms with Crippen molar-refractivity contribution in [3.8, 4) is 0 Å². The van der Waals surface area contributed by atoms with Crippen LogP contribution in [0.1, 0.15) is 24.3 Å². The Morgan fingerprint density at radius 1 is 1.12 bits per heavy atom. The fourth-order valence-electron chi connectivity index (χ4n) is 3.40. The molecule has 132 valence electrons. The van der Waals surface area contributed by atoms with Crippen LogP contribution in [0, 0.1) is 0 Å². The van der Waals surface area contributed by atoms with Gasteiger partial charge in [-0.25, -0.2) is 4.79 Å². The SMILES string of the molecule is CN(C)C(=O)N1CCN(C(=O)c2nccc3ccccc23)C(C)(C)C1. The van der Waals surface area contributed by atoms with E-state index in [4.69, 9.17) is 0 Å². The van der Waals surface area contributed by atoms with E-state index < -0.39 is 5.54 Å². The number of aromatic nitrogens is 1. The monoisotopic (exact) mass is 340 g/mol. The Hall–Kier alpha value is -2.63. The third-order valence-electron chi connectivity index (χ3n) is 4.68. The van der Waals surface area contributed by atoms with Gasteiger partial charge in [0.15, 0.2) is 0 Å². The summed E-state index contributed by atoms with van der Waals surface area (Å²) in [6.07, 6.45) is 1.67. The van der Waals surface area contributed by atoms with Crippen molar-refractivity contribution in [1.29, 1.82) is 0 Å². The number of urea groups is 1. The van der Waals surface area contributed by atoms with Gasteiger partial charge in [-0.15, -0.1) is 0 Å². The van der Waals surface area contributed by atoms with Gasteiger partial charge in [-0.2, -0.15) is 0 Å². The molecule has 0 bridgehead atoms. The summed E-state index contributed by atoms with van der Waals surface area (Å²) < 4.78 is 0. The van der Waals surface area contributed by atoms with Crippen LogP contribution in [-0.2, 0) is 0 Å². The predicted octanol–water partition coefficient (Wildman–Crippen LogP) is 2.45. The fraction of sp³-hybridized carbons (Fsp3) is 0.421. The fourth-order valence-corrected chi connectivity index (χ4v) is 3.40. The molecular weight excluding hydrogens is 316 g/mol. The molecule has 0 saturated carbocycles. The minimum Gasteiger partial charge on any atom is -0.331 e. The maximum Gasteiger partial charge on any atom is 0.319 e. The second-order valence-corrected chi connectivity index (χ2v) is 7.25. The molecular formula is C19H24N4O2. The number of hydrogen-bond donors (Lipinski definition) is 0. The third-order valence-corrected chi connectivity index (χ3v) is 4.68. The number of pyridine rings is 1. The molecule has 0 radical (unpaired) electrons. The minimum atomic E-state index is -0.459. The van der Waals surface area contributed by atoms with Crippen molar-refractivity contribution in [3.63, 3.8) is 0 Å². The normalized spacial score (nSPS) is 16.8. The lowest BCUT2D eigenvalue weighted by Crippen LogP contribution is -2.63. The first-order chi connectivity index (χ1) is 11.8. The lowest BCUT2D eigenvalue weighted by molar-refractivity contribution is 0.0238. The van der Waals surface area contributed by atoms with Crippen LogP contribution in [0.3, 0.4) is 0 Å². The van der Waals surface area contributed by atoms with E-state index in [1.807, 2.05) is 49.1 Å². The first-order valence-electron chi connectivity index (χ1n) is 8.43. The number of rotatable bonds is 1. The van der Waals surface area contributed by atoms with Crippen molar-refractivity contribution >= 4 is 22.7 Å². The van der Waals surface area contributed by atoms with Crippen molar-refractivity contribution in [2.24, 2.45) is 0 Å². The molecule has 1 saturated heterocycles. The van der Waals surface area contributed by atoms with Gasteiger partial charge in [0.25, 0.3) is 5.91 Å². The molecule has 0 N–H and O–H groups in total. The van der Waals surface area contributed by atoms with Crippen LogP contribution in [0.15, 0.2) is 36.5 Å². The van der Waals surface area contributed by atoms with Gasteiger partial charge < -0.3 is 14.7 Å². The lowest BCUT2D eigenvalue weighted by Gasteiger charge is -2.47. The Bertz CT molecular complexity index is 811. The quantitative estimate of drug-likeness (QED) is 0.801. The molecule has 1 aliphatic heterocycles. The zero-order valence-electron chi connectivity index (χ0n) is 15.2. The second kappa shape index (κ2) is 6.35. The van der Waals surface area contributed by atoms with Crippen molar-refractivity contribution in [2.45, 2.75) is 19.4 Å². The number of carbonyl (C=O) groups excluding carboxylic acids is 2. The Morgan fingerprint density at radius 2 is 1.84 bits per heavy atom. The highest BCUT2D eigenvalue weighted by atomic mass is 16.2. The number of nitrogens with zero attached hydrogens (tertiary/aromatic N) is 4. The number of benzene rings is 1. The zero-order chi connectivity index (χ0) is 18.2. The Labute approximate surface area is 148 Å². The topological polar surface area (TPSA) is 56.8 Å². The van der Waals surface area contributed by atoms with Crippen LogP contribution in [-0.4, -0.2) is 70.9 Å². The molecule has 1 aromatic carbocycles. The molecule has 2 heterocycles. The van der Waals surface area contributed by atoms with Gasteiger partial charge >= 0.3 is 6.03 Å². The van der Waals surface area contributed by atoms with Crippen molar-refractivity contribution in [1.82, 2.24) is 19.7 Å². The Kier molecular flexibility index (Phi) is 4.37. The lowest BCUT2D eigenvalue weighted by atomic mass is 9.97. The molecule has 0 aliphatic carbocycles. The summed E-state index contributed by atoms with van der Waals surface area (Å²) in [7, 11) is 3.49. The number of piperazine rings is 1. The molecule has 0 spiro atoms. The largest absolute Gasteiger partial charge is 0.331 e. The van der Waals surface area contributed by atoms with E-state index in [2.05, 4.69) is 4.98 Å². The smallest absolute Gasteiger partial charge is 0.319 e. The molecule has 0 atom stereocenters. The molecule has 3 rings (SSSR count). The standard InChI is InChI=1S/C19H24N4O2/c1-19(2)13-22(18(25)21(3)4)11-12-23(19)17(24)16-15-8-6-5-7-14(15)9-10-20-16/h5-10H,11-13H2,1-4H3. The van der Waals surface area contributed by atoms with Gasteiger partial charge in [-0.05, 0) is 25.3 Å². The number of hydrogen-bond acceptors (Lipinski definition) is 3. The molecule has 6 heteroatoms. The molecule has 6 nitrogen and oxygen atoms in total. The first-order valence-corrected chi connectivity index (χ1v) is 8.43. The van der Waals surface area contributed by atoms with Crippen LogP contribution >= 0.6 is 0 Å². The highest BCUT2D eigenvalue weighted by molar-refractivity contribution is 6.05. The maximum atomic E-state index is 13.2. The van der Waals surface area contributed by atoms with Gasteiger partial charge in [-0.3, -0.25) is 9.78 Å². The van der Waals surface area contributed by atoms with E-state index in [1.165, 1.54) is 0 Å². The van der Waals surface area contributed by atoms with Gasteiger partial charge in [0.2, 0.25) is 0 Å². The maximum absolute atomic E-state index is 13.2. The number of amides is 3. The van der Waals surface area contributed by atoms with E-state index in [1.54, 1.807) is 30.1 Å². The van der Waals surface area contributed by atoms with Crippen molar-refractivity contribution in [3.05, 3.63) is 42.2 Å². The summed E-state index contributed by atoms with van der Waals surface area (Å²) in [6, 6.07) is 9.65. The minimum absolute atomic E-state index is 0.0246. The molecule has 1 aromatic heterocycles. The zero-order valence-corrected chi connectivity index (χ0v) is 15.2. The highest BCUT2D eigenvalue weighted by Gasteiger charge is 2.39. The summed E-state index contributed by atoms with van der Waals surface area (Å²) in [4.78, 5) is 35.0.